The van der Waals surface area contributed by atoms with E-state index in [0.29, 0.717) is 0 Å². The first-order chi connectivity index (χ1) is 5.79. The van der Waals surface area contributed by atoms with E-state index in [1.807, 2.05) is 0 Å². The average Bonchev–Trinajstić information content (AvgIpc) is 2.47. The Morgan fingerprint density at radius 1 is 1.17 bits per heavy atom. The van der Waals surface area contributed by atoms with Gasteiger partial charge >= 0.3 is 78.2 Å². The molecule has 0 nitrogen and oxygen atoms in total. The van der Waals surface area contributed by atoms with Crippen LogP contribution in [0.4, 0.5) is 0 Å². The molecule has 0 bridgehead atoms. The predicted molar refractivity (Wildman–Crippen MR) is 55.7 cm³/mol. The molecular formula is C11H13Ge. The van der Waals surface area contributed by atoms with Gasteiger partial charge in [-0.3, -0.25) is 0 Å². The van der Waals surface area contributed by atoms with Gasteiger partial charge in [0.25, 0.3) is 0 Å². The van der Waals surface area contributed by atoms with E-state index in [1.165, 1.54) is 5.56 Å². The Labute approximate surface area is 78.4 Å². The molecule has 0 N–H and O–H groups in total. The molecule has 12 heavy (non-hydrogen) atoms. The van der Waals surface area contributed by atoms with Gasteiger partial charge in [0.2, 0.25) is 0 Å². The Morgan fingerprint density at radius 3 is 2.67 bits per heavy atom. The Hall–Kier alpha value is -0.497. The van der Waals surface area contributed by atoms with E-state index in [9.17, 15) is 0 Å². The van der Waals surface area contributed by atoms with Crippen molar-refractivity contribution >= 4 is 20.4 Å². The molecule has 0 saturated heterocycles. The fourth-order valence-corrected chi connectivity index (χ4v) is 4.62. The quantitative estimate of drug-likeness (QED) is 0.635. The maximum absolute atomic E-state index is 2.44. The van der Waals surface area contributed by atoms with Crippen LogP contribution in [0.3, 0.4) is 0 Å². The molecule has 0 saturated carbocycles. The van der Waals surface area contributed by atoms with Crippen molar-refractivity contribution in [2.24, 2.45) is 0 Å². The Balaban J connectivity index is 2.42. The number of rotatable bonds is 1. The average molecular weight is 218 g/mol. The normalized spacial score (nSPS) is 20.1. The number of fused-ring (bicyclic) bond motifs is 1. The monoisotopic (exact) mass is 219 g/mol. The van der Waals surface area contributed by atoms with E-state index in [1.54, 1.807) is 5.56 Å². The van der Waals surface area contributed by atoms with Crippen LogP contribution in [0.2, 0.25) is 11.5 Å². The molecule has 0 heterocycles. The van der Waals surface area contributed by atoms with Gasteiger partial charge in [0.1, 0.15) is 0 Å². The third-order valence-electron chi connectivity index (χ3n) is 2.42. The van der Waals surface area contributed by atoms with Crippen molar-refractivity contribution < 1.29 is 0 Å². The molecular weight excluding hydrogens is 205 g/mol. The van der Waals surface area contributed by atoms with Crippen molar-refractivity contribution in [3.63, 3.8) is 0 Å². The van der Waals surface area contributed by atoms with Crippen LogP contribution in [-0.4, -0.2) is 14.3 Å². The van der Waals surface area contributed by atoms with Crippen molar-refractivity contribution in [2.45, 2.75) is 16.3 Å². The van der Waals surface area contributed by atoms with Gasteiger partial charge in [-0.25, -0.2) is 0 Å². The van der Waals surface area contributed by atoms with Crippen LogP contribution < -0.4 is 0 Å². The predicted octanol–water partition coefficient (Wildman–Crippen LogP) is 3.09. The van der Waals surface area contributed by atoms with Crippen LogP contribution in [0.25, 0.3) is 6.08 Å². The summed E-state index contributed by atoms with van der Waals surface area (Å²) >= 11 is -0.799. The summed E-state index contributed by atoms with van der Waals surface area (Å²) in [5.74, 6) is 4.88. The second-order valence-electron chi connectivity index (χ2n) is 3.54. The molecule has 1 radical (unpaired) electrons. The standard InChI is InChI=1S/C11H13Ge/c1-12(2)11-8-7-9-5-3-4-6-10(9)11/h3-8,11H,1-2H3/t11-/m1/s1. The third-order valence-corrected chi connectivity index (χ3v) is 6.09. The maximum atomic E-state index is 2.44. The summed E-state index contributed by atoms with van der Waals surface area (Å²) in [4.78, 5) is 0. The fourth-order valence-electron chi connectivity index (χ4n) is 1.75. The molecule has 1 aromatic carbocycles. The minimum atomic E-state index is -0.799. The van der Waals surface area contributed by atoms with Gasteiger partial charge in [0, 0.05) is 0 Å². The molecule has 0 aromatic heterocycles. The van der Waals surface area contributed by atoms with E-state index >= 15 is 0 Å². The number of allylic oxidation sites excluding steroid dienone is 1. The van der Waals surface area contributed by atoms with Crippen LogP contribution in [0, 0.1) is 0 Å². The molecule has 0 unspecified atom stereocenters. The Kier molecular flexibility index (Phi) is 2.09. The molecule has 1 aliphatic carbocycles. The molecule has 0 amide bonds. The first-order valence-electron chi connectivity index (χ1n) is 4.36. The van der Waals surface area contributed by atoms with Crippen molar-refractivity contribution in [2.75, 3.05) is 0 Å². The summed E-state index contributed by atoms with van der Waals surface area (Å²) in [6.07, 6.45) is 4.67. The van der Waals surface area contributed by atoms with Gasteiger partial charge in [-0.15, -0.1) is 0 Å². The topological polar surface area (TPSA) is 0 Å². The van der Waals surface area contributed by atoms with Gasteiger partial charge in [-0.05, 0) is 0 Å². The van der Waals surface area contributed by atoms with Crippen molar-refractivity contribution in [3.8, 4) is 0 Å². The second kappa shape index (κ2) is 3.10. The first-order valence-corrected chi connectivity index (χ1v) is 9.77. The summed E-state index contributed by atoms with van der Waals surface area (Å²) < 4.78 is 0.807. The van der Waals surface area contributed by atoms with Gasteiger partial charge in [-0.2, -0.15) is 0 Å². The minimum absolute atomic E-state index is 0.799. The van der Waals surface area contributed by atoms with Crippen LogP contribution in [0.15, 0.2) is 30.3 Å². The number of benzene rings is 1. The summed E-state index contributed by atoms with van der Waals surface area (Å²) in [6, 6.07) is 8.77. The summed E-state index contributed by atoms with van der Waals surface area (Å²) in [7, 11) is 0. The van der Waals surface area contributed by atoms with Gasteiger partial charge < -0.3 is 0 Å². The Bertz CT molecular complexity index is 313. The molecule has 61 valence electrons. The van der Waals surface area contributed by atoms with Crippen LogP contribution in [0.1, 0.15) is 15.9 Å². The third kappa shape index (κ3) is 1.24. The SMILES string of the molecule is [CH3][Ge]([CH3])[C@@H]1C=Cc2ccccc21. The van der Waals surface area contributed by atoms with Crippen molar-refractivity contribution in [1.29, 1.82) is 0 Å². The summed E-state index contributed by atoms with van der Waals surface area (Å²) in [5, 5.41) is 0. The molecule has 2 rings (SSSR count). The van der Waals surface area contributed by atoms with Crippen LogP contribution in [0.5, 0.6) is 0 Å². The molecule has 0 fully saturated rings. The molecule has 1 atom stereocenters. The zero-order valence-electron chi connectivity index (χ0n) is 7.54. The zero-order valence-corrected chi connectivity index (χ0v) is 9.64. The van der Waals surface area contributed by atoms with Gasteiger partial charge in [0.15, 0.2) is 0 Å². The summed E-state index contributed by atoms with van der Waals surface area (Å²) in [6.45, 7) is 0. The van der Waals surface area contributed by atoms with Crippen molar-refractivity contribution in [3.05, 3.63) is 41.5 Å². The van der Waals surface area contributed by atoms with Crippen LogP contribution in [-0.2, 0) is 0 Å². The van der Waals surface area contributed by atoms with E-state index in [2.05, 4.69) is 47.9 Å². The van der Waals surface area contributed by atoms with Crippen LogP contribution >= 0.6 is 0 Å². The fraction of sp³-hybridized carbons (Fsp3) is 0.273. The molecule has 0 spiro atoms. The van der Waals surface area contributed by atoms with Gasteiger partial charge in [0.05, 0.1) is 0 Å². The Morgan fingerprint density at radius 2 is 1.92 bits per heavy atom. The molecule has 0 aliphatic heterocycles. The molecule has 1 aliphatic rings. The van der Waals surface area contributed by atoms with E-state index in [-0.39, 0.29) is 0 Å². The van der Waals surface area contributed by atoms with E-state index in [0.717, 1.165) is 4.75 Å². The van der Waals surface area contributed by atoms with E-state index < -0.39 is 14.3 Å². The summed E-state index contributed by atoms with van der Waals surface area (Å²) in [5.41, 5.74) is 3.01. The zero-order chi connectivity index (χ0) is 8.55. The van der Waals surface area contributed by atoms with E-state index in [4.69, 9.17) is 0 Å². The number of hydrogen-bond donors (Lipinski definition) is 0. The van der Waals surface area contributed by atoms with Crippen molar-refractivity contribution in [1.82, 2.24) is 0 Å². The first kappa shape index (κ1) is 8.12. The second-order valence-corrected chi connectivity index (χ2v) is 9.37. The van der Waals surface area contributed by atoms with Gasteiger partial charge in [-0.1, -0.05) is 0 Å². The number of hydrogen-bond acceptors (Lipinski definition) is 0. The molecule has 1 aromatic rings. The molecule has 1 heteroatoms.